The Hall–Kier alpha value is -3.10. The van der Waals surface area contributed by atoms with Crippen LogP contribution in [0.2, 0.25) is 0 Å². The first-order valence-electron chi connectivity index (χ1n) is 12.4. The first kappa shape index (κ1) is 24.6. The van der Waals surface area contributed by atoms with E-state index in [0.717, 1.165) is 0 Å². The largest absolute Gasteiger partial charge is 0.472 e. The highest BCUT2D eigenvalue weighted by Crippen LogP contribution is 2.79. The summed E-state index contributed by atoms with van der Waals surface area (Å²) >= 11 is 0. The minimum atomic E-state index is -1.33. The fourth-order valence-corrected chi connectivity index (χ4v) is 7.55. The maximum Gasteiger partial charge on any atom is 0.333 e. The third-order valence-corrected chi connectivity index (χ3v) is 9.86. The van der Waals surface area contributed by atoms with E-state index in [1.54, 1.807) is 39.8 Å². The molecule has 2 bridgehead atoms. The van der Waals surface area contributed by atoms with Crippen LogP contribution in [0, 0.1) is 22.2 Å². The third-order valence-electron chi connectivity index (χ3n) is 9.86. The Morgan fingerprint density at radius 2 is 1.83 bits per heavy atom. The molecule has 2 saturated heterocycles. The zero-order valence-corrected chi connectivity index (χ0v) is 21.4. The van der Waals surface area contributed by atoms with E-state index in [1.165, 1.54) is 19.5 Å². The molecule has 8 atom stereocenters. The van der Waals surface area contributed by atoms with Gasteiger partial charge in [0, 0.05) is 30.4 Å². The number of rotatable bonds is 4. The lowest BCUT2D eigenvalue weighted by Crippen LogP contribution is -2.73. The highest BCUT2D eigenvalue weighted by Gasteiger charge is 2.90. The van der Waals surface area contributed by atoms with Gasteiger partial charge in [-0.25, -0.2) is 4.79 Å². The van der Waals surface area contributed by atoms with Crippen molar-refractivity contribution in [2.24, 2.45) is 22.2 Å². The number of carbonyl (C=O) groups is 4. The number of hydrogen-bond donors (Lipinski definition) is 0. The summed E-state index contributed by atoms with van der Waals surface area (Å²) in [6, 6.07) is 1.73. The summed E-state index contributed by atoms with van der Waals surface area (Å²) in [4.78, 5) is 52.8. The lowest BCUT2D eigenvalue weighted by molar-refractivity contribution is -0.266. The molecule has 1 aromatic rings. The topological polar surface area (TPSA) is 118 Å². The van der Waals surface area contributed by atoms with E-state index in [4.69, 9.17) is 23.4 Å². The summed E-state index contributed by atoms with van der Waals surface area (Å²) in [5.74, 6) is -2.81. The molecule has 4 fully saturated rings. The molecule has 3 heterocycles. The second-order valence-electron chi connectivity index (χ2n) is 11.0. The van der Waals surface area contributed by atoms with E-state index < -0.39 is 70.0 Å². The number of cyclic esters (lactones) is 1. The normalized spacial score (nSPS) is 43.2. The van der Waals surface area contributed by atoms with Crippen molar-refractivity contribution < 1.29 is 42.5 Å². The Bertz CT molecular complexity index is 1170. The zero-order valence-electron chi connectivity index (χ0n) is 21.4. The molecule has 2 aliphatic heterocycles. The first-order chi connectivity index (χ1) is 16.9. The number of furan rings is 1. The smallest absolute Gasteiger partial charge is 0.333 e. The lowest BCUT2D eigenvalue weighted by Gasteiger charge is -2.60. The van der Waals surface area contributed by atoms with Crippen LogP contribution in [-0.4, -0.2) is 41.7 Å². The third kappa shape index (κ3) is 2.66. The molecule has 1 spiro atoms. The number of esters is 4. The van der Waals surface area contributed by atoms with Crippen LogP contribution in [0.25, 0.3) is 0 Å². The SMILES string of the molecule is C/C=C(/C)C(=O)O[C@H]1[C@@H](OC(C)=O)[C@@]2(C)[C@@]3(CC[C@@]2(C)C(=O)O3)[C@@]2(C[C@H](c3ccoc3)OC2=O)[C@@H]1C. The van der Waals surface area contributed by atoms with Crippen molar-refractivity contribution in [3.05, 3.63) is 35.8 Å². The van der Waals surface area contributed by atoms with Crippen LogP contribution in [-0.2, 0) is 38.1 Å². The second kappa shape index (κ2) is 7.70. The second-order valence-corrected chi connectivity index (χ2v) is 11.0. The first-order valence-corrected chi connectivity index (χ1v) is 12.4. The van der Waals surface area contributed by atoms with Gasteiger partial charge in [0.15, 0.2) is 0 Å². The van der Waals surface area contributed by atoms with Crippen LogP contribution in [0.4, 0.5) is 0 Å². The van der Waals surface area contributed by atoms with Crippen LogP contribution in [0.5, 0.6) is 0 Å². The lowest BCUT2D eigenvalue weighted by atomic mass is 9.44. The van der Waals surface area contributed by atoms with E-state index in [-0.39, 0.29) is 6.42 Å². The van der Waals surface area contributed by atoms with Crippen molar-refractivity contribution >= 4 is 23.9 Å². The minimum Gasteiger partial charge on any atom is -0.472 e. The molecule has 0 aromatic carbocycles. The van der Waals surface area contributed by atoms with Crippen molar-refractivity contribution in [2.45, 2.75) is 84.7 Å². The van der Waals surface area contributed by atoms with Crippen LogP contribution >= 0.6 is 0 Å². The highest BCUT2D eigenvalue weighted by atomic mass is 16.6. The predicted molar refractivity (Wildman–Crippen MR) is 123 cm³/mol. The van der Waals surface area contributed by atoms with Crippen LogP contribution < -0.4 is 0 Å². The fraction of sp³-hybridized carbons (Fsp3) is 0.630. The molecule has 1 aromatic heterocycles. The van der Waals surface area contributed by atoms with Gasteiger partial charge in [0.1, 0.15) is 29.3 Å². The summed E-state index contributed by atoms with van der Waals surface area (Å²) in [7, 11) is 0. The van der Waals surface area contributed by atoms with Gasteiger partial charge in [-0.3, -0.25) is 14.4 Å². The van der Waals surface area contributed by atoms with Crippen LogP contribution in [0.1, 0.15) is 72.5 Å². The molecule has 0 N–H and O–H groups in total. The van der Waals surface area contributed by atoms with Crippen molar-refractivity contribution in [3.63, 3.8) is 0 Å². The van der Waals surface area contributed by atoms with Gasteiger partial charge in [0.25, 0.3) is 0 Å². The zero-order chi connectivity index (χ0) is 26.3. The Labute approximate surface area is 209 Å². The summed E-state index contributed by atoms with van der Waals surface area (Å²) < 4.78 is 29.3. The van der Waals surface area contributed by atoms with Gasteiger partial charge in [0.2, 0.25) is 0 Å². The van der Waals surface area contributed by atoms with E-state index in [9.17, 15) is 19.2 Å². The molecule has 4 aliphatic rings. The van der Waals surface area contributed by atoms with Gasteiger partial charge in [-0.15, -0.1) is 0 Å². The predicted octanol–water partition coefficient (Wildman–Crippen LogP) is 3.82. The molecule has 36 heavy (non-hydrogen) atoms. The Balaban J connectivity index is 1.73. The standard InChI is InChI=1S/C27H32O9/c1-7-14(2)21(29)35-19-15(3)26(12-18(34-23(26)31)17-8-11-32-13-17)27-10-9-24(5,22(30)36-27)25(27,6)20(19)33-16(4)28/h7-8,11,13,15,18-20H,9-10,12H2,1-6H3/b14-7-/t15-,18-,19-,20-,24+,25-,26+,27+/m1/s1. The van der Waals surface area contributed by atoms with Crippen molar-refractivity contribution in [1.82, 2.24) is 0 Å². The molecule has 2 saturated carbocycles. The van der Waals surface area contributed by atoms with Gasteiger partial charge >= 0.3 is 23.9 Å². The molecule has 0 radical (unpaired) electrons. The van der Waals surface area contributed by atoms with Crippen molar-refractivity contribution in [2.75, 3.05) is 0 Å². The molecule has 9 nitrogen and oxygen atoms in total. The highest BCUT2D eigenvalue weighted by molar-refractivity contribution is 5.90. The molecule has 9 heteroatoms. The average molecular weight is 501 g/mol. The summed E-state index contributed by atoms with van der Waals surface area (Å²) in [6.45, 7) is 10.0. The molecular formula is C27H32O9. The van der Waals surface area contributed by atoms with Crippen molar-refractivity contribution in [3.8, 4) is 0 Å². The maximum atomic E-state index is 14.0. The van der Waals surface area contributed by atoms with Crippen molar-refractivity contribution in [1.29, 1.82) is 0 Å². The average Bonchev–Trinajstić information content (AvgIpc) is 3.56. The fourth-order valence-electron chi connectivity index (χ4n) is 7.55. The van der Waals surface area contributed by atoms with Gasteiger partial charge in [0.05, 0.1) is 23.4 Å². The summed E-state index contributed by atoms with van der Waals surface area (Å²) in [5, 5.41) is 0. The van der Waals surface area contributed by atoms with E-state index >= 15 is 0 Å². The Morgan fingerprint density at radius 3 is 2.42 bits per heavy atom. The molecule has 194 valence electrons. The number of ether oxygens (including phenoxy) is 4. The molecule has 2 aliphatic carbocycles. The maximum absolute atomic E-state index is 14.0. The molecular weight excluding hydrogens is 468 g/mol. The summed E-state index contributed by atoms with van der Waals surface area (Å²) in [5.41, 5.74) is -3.79. The van der Waals surface area contributed by atoms with E-state index in [1.807, 2.05) is 6.92 Å². The Morgan fingerprint density at radius 1 is 1.11 bits per heavy atom. The van der Waals surface area contributed by atoms with Crippen LogP contribution in [0.3, 0.4) is 0 Å². The van der Waals surface area contributed by atoms with Gasteiger partial charge < -0.3 is 23.4 Å². The number of hydrogen-bond acceptors (Lipinski definition) is 9. The number of carbonyl (C=O) groups excluding carboxylic acids is 4. The molecule has 0 unspecified atom stereocenters. The number of allylic oxidation sites excluding steroid dienone is 1. The van der Waals surface area contributed by atoms with E-state index in [2.05, 4.69) is 0 Å². The summed E-state index contributed by atoms with van der Waals surface area (Å²) in [6.07, 6.45) is 3.04. The van der Waals surface area contributed by atoms with Gasteiger partial charge in [-0.1, -0.05) is 19.9 Å². The Kier molecular flexibility index (Phi) is 5.26. The van der Waals surface area contributed by atoms with Gasteiger partial charge in [-0.2, -0.15) is 0 Å². The van der Waals surface area contributed by atoms with Crippen LogP contribution in [0.15, 0.2) is 34.7 Å². The molecule has 0 amide bonds. The van der Waals surface area contributed by atoms with Gasteiger partial charge in [-0.05, 0) is 39.7 Å². The molecule has 5 rings (SSSR count). The quantitative estimate of drug-likeness (QED) is 0.345. The minimum absolute atomic E-state index is 0.203. The monoisotopic (exact) mass is 500 g/mol. The van der Waals surface area contributed by atoms with E-state index in [0.29, 0.717) is 24.0 Å².